The minimum atomic E-state index is -0.932. The first-order valence-corrected chi connectivity index (χ1v) is 4.23. The molecule has 0 bridgehead atoms. The van der Waals surface area contributed by atoms with Gasteiger partial charge >= 0.3 is 6.09 Å². The normalized spacial score (nSPS) is 18.8. The smallest absolute Gasteiger partial charge is 0.407 e. The van der Waals surface area contributed by atoms with E-state index in [2.05, 4.69) is 0 Å². The van der Waals surface area contributed by atoms with Crippen molar-refractivity contribution >= 4 is 6.09 Å². The van der Waals surface area contributed by atoms with Gasteiger partial charge in [0, 0.05) is 13.6 Å². The Bertz CT molecular complexity index is 168. The number of amides is 1. The molecule has 1 atom stereocenters. The van der Waals surface area contributed by atoms with Gasteiger partial charge in [0.05, 0.1) is 6.10 Å². The molecule has 0 aliphatic heterocycles. The first-order valence-electron chi connectivity index (χ1n) is 4.23. The zero-order valence-electron chi connectivity index (χ0n) is 7.23. The van der Waals surface area contributed by atoms with E-state index in [0.29, 0.717) is 18.9 Å². The lowest BCUT2D eigenvalue weighted by molar-refractivity contribution is 0.117. The van der Waals surface area contributed by atoms with Crippen molar-refractivity contribution in [3.63, 3.8) is 0 Å². The highest BCUT2D eigenvalue weighted by molar-refractivity contribution is 5.64. The minimum absolute atomic E-state index is 0.299. The number of nitrogens with zero attached hydrogens (tertiary/aromatic N) is 1. The molecule has 1 aliphatic rings. The van der Waals surface area contributed by atoms with Gasteiger partial charge in [0.25, 0.3) is 0 Å². The second-order valence-electron chi connectivity index (χ2n) is 3.40. The zero-order chi connectivity index (χ0) is 9.14. The highest BCUT2D eigenvalue weighted by Gasteiger charge is 2.29. The Kier molecular flexibility index (Phi) is 2.92. The average Bonchev–Trinajstić information content (AvgIpc) is 2.81. The monoisotopic (exact) mass is 173 g/mol. The number of carbonyl (C=O) groups is 1. The van der Waals surface area contributed by atoms with Crippen molar-refractivity contribution in [2.75, 3.05) is 13.6 Å². The molecular formula is C8H15NO3. The maximum atomic E-state index is 10.3. The Labute approximate surface area is 71.8 Å². The fourth-order valence-corrected chi connectivity index (χ4v) is 1.14. The van der Waals surface area contributed by atoms with Crippen LogP contribution in [0.3, 0.4) is 0 Å². The Hall–Kier alpha value is -0.770. The van der Waals surface area contributed by atoms with E-state index in [0.717, 1.165) is 12.8 Å². The largest absolute Gasteiger partial charge is 0.465 e. The lowest BCUT2D eigenvalue weighted by atomic mass is 10.1. The molecule has 1 fully saturated rings. The van der Waals surface area contributed by atoms with Crippen LogP contribution in [0.4, 0.5) is 4.79 Å². The van der Waals surface area contributed by atoms with Crippen LogP contribution < -0.4 is 0 Å². The van der Waals surface area contributed by atoms with Gasteiger partial charge in [0.1, 0.15) is 0 Å². The van der Waals surface area contributed by atoms with Crippen LogP contribution >= 0.6 is 0 Å². The molecule has 1 rings (SSSR count). The van der Waals surface area contributed by atoms with E-state index >= 15 is 0 Å². The molecular weight excluding hydrogens is 158 g/mol. The SMILES string of the molecule is CN(CCC(O)C1CC1)C(=O)O. The van der Waals surface area contributed by atoms with Crippen LogP contribution in [0.25, 0.3) is 0 Å². The Balaban J connectivity index is 2.11. The van der Waals surface area contributed by atoms with Crippen molar-refractivity contribution < 1.29 is 15.0 Å². The van der Waals surface area contributed by atoms with Gasteiger partial charge in [0.15, 0.2) is 0 Å². The molecule has 0 spiro atoms. The highest BCUT2D eigenvalue weighted by Crippen LogP contribution is 2.33. The summed E-state index contributed by atoms with van der Waals surface area (Å²) in [6.45, 7) is 0.424. The first kappa shape index (κ1) is 9.32. The van der Waals surface area contributed by atoms with E-state index in [1.807, 2.05) is 0 Å². The number of rotatable bonds is 4. The molecule has 4 heteroatoms. The summed E-state index contributed by atoms with van der Waals surface area (Å²) < 4.78 is 0. The molecule has 1 unspecified atom stereocenters. The lowest BCUT2D eigenvalue weighted by Gasteiger charge is -2.15. The average molecular weight is 173 g/mol. The van der Waals surface area contributed by atoms with Gasteiger partial charge in [-0.3, -0.25) is 0 Å². The summed E-state index contributed by atoms with van der Waals surface area (Å²) in [6, 6.07) is 0. The summed E-state index contributed by atoms with van der Waals surface area (Å²) >= 11 is 0. The third kappa shape index (κ3) is 2.70. The first-order chi connectivity index (χ1) is 5.61. The molecule has 2 N–H and O–H groups in total. The summed E-state index contributed by atoms with van der Waals surface area (Å²) in [5, 5.41) is 17.9. The molecule has 70 valence electrons. The van der Waals surface area contributed by atoms with Crippen LogP contribution in [0.2, 0.25) is 0 Å². The topological polar surface area (TPSA) is 60.8 Å². The molecule has 0 aromatic rings. The molecule has 1 saturated carbocycles. The summed E-state index contributed by atoms with van der Waals surface area (Å²) in [5.41, 5.74) is 0. The number of hydrogen-bond acceptors (Lipinski definition) is 2. The van der Waals surface area contributed by atoms with Crippen molar-refractivity contribution in [2.24, 2.45) is 5.92 Å². The molecule has 0 radical (unpaired) electrons. The van der Waals surface area contributed by atoms with Crippen molar-refractivity contribution in [2.45, 2.75) is 25.4 Å². The van der Waals surface area contributed by atoms with Crippen molar-refractivity contribution in [3.05, 3.63) is 0 Å². The maximum absolute atomic E-state index is 10.3. The van der Waals surface area contributed by atoms with Crippen molar-refractivity contribution in [3.8, 4) is 0 Å². The standard InChI is InChI=1S/C8H15NO3/c1-9(8(11)12)5-4-7(10)6-2-3-6/h6-7,10H,2-5H2,1H3,(H,11,12). The fraction of sp³-hybridized carbons (Fsp3) is 0.875. The molecule has 4 nitrogen and oxygen atoms in total. The van der Waals surface area contributed by atoms with Gasteiger partial charge < -0.3 is 15.1 Å². The predicted octanol–water partition coefficient (Wildman–Crippen LogP) is 0.757. The van der Waals surface area contributed by atoms with Crippen LogP contribution in [0.1, 0.15) is 19.3 Å². The van der Waals surface area contributed by atoms with E-state index in [1.54, 1.807) is 0 Å². The lowest BCUT2D eigenvalue weighted by Crippen LogP contribution is -2.28. The summed E-state index contributed by atoms with van der Waals surface area (Å²) in [4.78, 5) is 11.5. The van der Waals surface area contributed by atoms with E-state index in [9.17, 15) is 9.90 Å². The van der Waals surface area contributed by atoms with E-state index in [4.69, 9.17) is 5.11 Å². The summed E-state index contributed by atoms with van der Waals surface area (Å²) in [5.74, 6) is 0.437. The number of carboxylic acid groups (broad SMARTS) is 1. The van der Waals surface area contributed by atoms with E-state index in [-0.39, 0.29) is 6.10 Å². The maximum Gasteiger partial charge on any atom is 0.407 e. The predicted molar refractivity (Wildman–Crippen MR) is 44.0 cm³/mol. The van der Waals surface area contributed by atoms with E-state index < -0.39 is 6.09 Å². The molecule has 1 amide bonds. The number of aliphatic hydroxyl groups is 1. The van der Waals surface area contributed by atoms with Crippen molar-refractivity contribution in [1.29, 1.82) is 0 Å². The molecule has 12 heavy (non-hydrogen) atoms. The van der Waals surface area contributed by atoms with Crippen molar-refractivity contribution in [1.82, 2.24) is 4.90 Å². The van der Waals surface area contributed by atoms with E-state index in [1.165, 1.54) is 11.9 Å². The van der Waals surface area contributed by atoms with Gasteiger partial charge in [-0.15, -0.1) is 0 Å². The van der Waals surface area contributed by atoms with Gasteiger partial charge in [-0.1, -0.05) is 0 Å². The molecule has 1 aliphatic carbocycles. The van der Waals surface area contributed by atoms with Gasteiger partial charge in [-0.25, -0.2) is 4.79 Å². The van der Waals surface area contributed by atoms with Crippen LogP contribution in [-0.2, 0) is 0 Å². The minimum Gasteiger partial charge on any atom is -0.465 e. The Morgan fingerprint density at radius 2 is 2.25 bits per heavy atom. The molecule has 0 saturated heterocycles. The number of aliphatic hydroxyl groups excluding tert-OH is 1. The molecule has 0 aromatic carbocycles. The third-order valence-electron chi connectivity index (χ3n) is 2.25. The summed E-state index contributed by atoms with van der Waals surface area (Å²) in [6.07, 6.45) is 1.52. The number of hydrogen-bond donors (Lipinski definition) is 2. The Morgan fingerprint density at radius 1 is 1.67 bits per heavy atom. The van der Waals surface area contributed by atoms with Gasteiger partial charge in [-0.2, -0.15) is 0 Å². The second kappa shape index (κ2) is 3.76. The fourth-order valence-electron chi connectivity index (χ4n) is 1.14. The molecule has 0 heterocycles. The van der Waals surface area contributed by atoms with Crippen LogP contribution in [0, 0.1) is 5.92 Å². The van der Waals surface area contributed by atoms with Gasteiger partial charge in [0.2, 0.25) is 0 Å². The van der Waals surface area contributed by atoms with Gasteiger partial charge in [-0.05, 0) is 25.2 Å². The zero-order valence-corrected chi connectivity index (χ0v) is 7.23. The van der Waals surface area contributed by atoms with Crippen LogP contribution in [0.5, 0.6) is 0 Å². The van der Waals surface area contributed by atoms with Crippen LogP contribution in [-0.4, -0.2) is 40.9 Å². The highest BCUT2D eigenvalue weighted by atomic mass is 16.4. The third-order valence-corrected chi connectivity index (χ3v) is 2.25. The molecule has 0 aromatic heterocycles. The second-order valence-corrected chi connectivity index (χ2v) is 3.40. The summed E-state index contributed by atoms with van der Waals surface area (Å²) in [7, 11) is 1.52. The quantitative estimate of drug-likeness (QED) is 0.659. The van der Waals surface area contributed by atoms with Crippen LogP contribution in [0.15, 0.2) is 0 Å². The Morgan fingerprint density at radius 3 is 2.67 bits per heavy atom.